The van der Waals surface area contributed by atoms with Crippen molar-refractivity contribution in [2.75, 3.05) is 26.2 Å². The summed E-state index contributed by atoms with van der Waals surface area (Å²) in [5.41, 5.74) is 5.77. The molecule has 1 unspecified atom stereocenters. The molecule has 1 aliphatic heterocycles. The predicted molar refractivity (Wildman–Crippen MR) is 75.3 cm³/mol. The van der Waals surface area contributed by atoms with Gasteiger partial charge in [-0.3, -0.25) is 4.79 Å². The molecule has 1 saturated heterocycles. The van der Waals surface area contributed by atoms with E-state index in [4.69, 9.17) is 22.1 Å². The van der Waals surface area contributed by atoms with Crippen molar-refractivity contribution in [3.8, 4) is 5.75 Å². The van der Waals surface area contributed by atoms with E-state index in [1.165, 1.54) is 0 Å². The van der Waals surface area contributed by atoms with Gasteiger partial charge in [-0.05, 0) is 30.5 Å². The Hall–Kier alpha value is -1.26. The van der Waals surface area contributed by atoms with Gasteiger partial charge in [0.15, 0.2) is 6.61 Å². The van der Waals surface area contributed by atoms with Gasteiger partial charge in [-0.2, -0.15) is 0 Å². The van der Waals surface area contributed by atoms with Crippen LogP contribution in [0, 0.1) is 5.41 Å². The zero-order valence-electron chi connectivity index (χ0n) is 11.1. The van der Waals surface area contributed by atoms with Crippen molar-refractivity contribution in [3.05, 3.63) is 29.3 Å². The highest BCUT2D eigenvalue weighted by Gasteiger charge is 2.34. The van der Waals surface area contributed by atoms with Crippen LogP contribution in [0.25, 0.3) is 0 Å². The van der Waals surface area contributed by atoms with Crippen molar-refractivity contribution in [2.24, 2.45) is 11.1 Å². The first-order valence-corrected chi connectivity index (χ1v) is 6.77. The molecule has 0 bridgehead atoms. The van der Waals surface area contributed by atoms with Crippen molar-refractivity contribution < 1.29 is 9.53 Å². The first-order valence-electron chi connectivity index (χ1n) is 6.39. The summed E-state index contributed by atoms with van der Waals surface area (Å²) in [7, 11) is 0. The summed E-state index contributed by atoms with van der Waals surface area (Å²) in [5, 5.41) is 0.517. The van der Waals surface area contributed by atoms with Gasteiger partial charge in [0.25, 0.3) is 5.91 Å². The minimum absolute atomic E-state index is 0.0166. The average Bonchev–Trinajstić information content (AvgIpc) is 2.81. The third-order valence-corrected chi connectivity index (χ3v) is 3.90. The van der Waals surface area contributed by atoms with Gasteiger partial charge in [-0.15, -0.1) is 0 Å². The van der Waals surface area contributed by atoms with E-state index in [9.17, 15) is 4.79 Å². The van der Waals surface area contributed by atoms with Crippen molar-refractivity contribution >= 4 is 17.5 Å². The van der Waals surface area contributed by atoms with Crippen LogP contribution in [0.1, 0.15) is 13.3 Å². The van der Waals surface area contributed by atoms with Crippen LogP contribution >= 0.6 is 11.6 Å². The number of carbonyl (C=O) groups is 1. The van der Waals surface area contributed by atoms with Gasteiger partial charge < -0.3 is 15.4 Å². The molecule has 2 N–H and O–H groups in total. The van der Waals surface area contributed by atoms with Gasteiger partial charge in [-0.1, -0.05) is 30.7 Å². The van der Waals surface area contributed by atoms with Crippen LogP contribution < -0.4 is 10.5 Å². The molecule has 0 radical (unpaired) electrons. The summed E-state index contributed by atoms with van der Waals surface area (Å²) in [6, 6.07) is 7.14. The van der Waals surface area contributed by atoms with E-state index < -0.39 is 0 Å². The molecule has 1 atom stereocenters. The second-order valence-electron chi connectivity index (χ2n) is 5.30. The van der Waals surface area contributed by atoms with Gasteiger partial charge in [-0.25, -0.2) is 0 Å². The van der Waals surface area contributed by atoms with Crippen molar-refractivity contribution in [2.45, 2.75) is 13.3 Å². The molecule has 1 heterocycles. The Morgan fingerprint density at radius 2 is 2.26 bits per heavy atom. The number of halogens is 1. The summed E-state index contributed by atoms with van der Waals surface area (Å²) in [6.45, 7) is 4.17. The Balaban J connectivity index is 1.88. The molecule has 1 aliphatic rings. The molecule has 0 aromatic heterocycles. The molecule has 19 heavy (non-hydrogen) atoms. The van der Waals surface area contributed by atoms with Crippen LogP contribution in [0.3, 0.4) is 0 Å². The maximum atomic E-state index is 12.1. The molecular formula is C14H19ClN2O2. The van der Waals surface area contributed by atoms with E-state index in [1.807, 2.05) is 17.0 Å². The lowest BCUT2D eigenvalue weighted by atomic mass is 9.90. The van der Waals surface area contributed by atoms with E-state index in [1.54, 1.807) is 12.1 Å². The monoisotopic (exact) mass is 282 g/mol. The minimum atomic E-state index is -0.0166. The number of ether oxygens (including phenoxy) is 1. The number of nitrogens with zero attached hydrogens (tertiary/aromatic N) is 1. The smallest absolute Gasteiger partial charge is 0.260 e. The maximum absolute atomic E-state index is 12.1. The largest absolute Gasteiger partial charge is 0.482 e. The van der Waals surface area contributed by atoms with Gasteiger partial charge in [0.05, 0.1) is 5.02 Å². The molecule has 0 saturated carbocycles. The van der Waals surface area contributed by atoms with Crippen molar-refractivity contribution in [3.63, 3.8) is 0 Å². The summed E-state index contributed by atoms with van der Waals surface area (Å²) in [6.07, 6.45) is 0.946. The number of hydrogen-bond donors (Lipinski definition) is 1. The number of para-hydroxylation sites is 1. The van der Waals surface area contributed by atoms with Crippen molar-refractivity contribution in [1.29, 1.82) is 0 Å². The lowest BCUT2D eigenvalue weighted by molar-refractivity contribution is -0.132. The van der Waals surface area contributed by atoms with Crippen LogP contribution in [0.4, 0.5) is 0 Å². The fourth-order valence-corrected chi connectivity index (χ4v) is 2.39. The van der Waals surface area contributed by atoms with Crippen LogP contribution in [0.5, 0.6) is 5.75 Å². The molecule has 2 rings (SSSR count). The normalized spacial score (nSPS) is 22.6. The fraction of sp³-hybridized carbons (Fsp3) is 0.500. The summed E-state index contributed by atoms with van der Waals surface area (Å²) in [5.74, 6) is 0.524. The lowest BCUT2D eigenvalue weighted by Gasteiger charge is -2.22. The number of hydrogen-bond acceptors (Lipinski definition) is 3. The Morgan fingerprint density at radius 1 is 1.53 bits per heavy atom. The van der Waals surface area contributed by atoms with Crippen LogP contribution in [-0.4, -0.2) is 37.0 Å². The van der Waals surface area contributed by atoms with Crippen molar-refractivity contribution in [1.82, 2.24) is 4.90 Å². The first-order chi connectivity index (χ1) is 9.04. The van der Waals surface area contributed by atoms with Crippen LogP contribution in [0.15, 0.2) is 24.3 Å². The third kappa shape index (κ3) is 3.39. The Morgan fingerprint density at radius 3 is 2.89 bits per heavy atom. The number of amides is 1. The lowest BCUT2D eigenvalue weighted by Crippen LogP contribution is -2.36. The molecule has 1 fully saturated rings. The number of benzene rings is 1. The number of nitrogens with two attached hydrogens (primary N) is 1. The van der Waals surface area contributed by atoms with E-state index in [0.717, 1.165) is 13.0 Å². The molecular weight excluding hydrogens is 264 g/mol. The highest BCUT2D eigenvalue weighted by Crippen LogP contribution is 2.29. The summed E-state index contributed by atoms with van der Waals surface area (Å²) < 4.78 is 5.46. The number of likely N-dealkylation sites (tertiary alicyclic amines) is 1. The first kappa shape index (κ1) is 14.2. The van der Waals surface area contributed by atoms with E-state index in [2.05, 4.69) is 6.92 Å². The Kier molecular flexibility index (Phi) is 4.32. The van der Waals surface area contributed by atoms with Gasteiger partial charge in [0.1, 0.15) is 5.75 Å². The molecule has 0 aliphatic carbocycles. The molecule has 4 nitrogen and oxygen atoms in total. The SMILES string of the molecule is CC1(CN)CCN(C(=O)COc2ccccc2Cl)C1. The molecule has 104 valence electrons. The predicted octanol–water partition coefficient (Wildman–Crippen LogP) is 1.92. The van der Waals surface area contributed by atoms with E-state index in [0.29, 0.717) is 23.9 Å². The maximum Gasteiger partial charge on any atom is 0.260 e. The topological polar surface area (TPSA) is 55.6 Å². The number of carbonyl (C=O) groups excluding carboxylic acids is 1. The molecule has 5 heteroatoms. The molecule has 1 aromatic carbocycles. The van der Waals surface area contributed by atoms with Gasteiger partial charge >= 0.3 is 0 Å². The average molecular weight is 283 g/mol. The van der Waals surface area contributed by atoms with Gasteiger partial charge in [0.2, 0.25) is 0 Å². The summed E-state index contributed by atoms with van der Waals surface area (Å²) >= 11 is 5.97. The van der Waals surface area contributed by atoms with Gasteiger partial charge in [0, 0.05) is 13.1 Å². The zero-order valence-corrected chi connectivity index (χ0v) is 11.8. The highest BCUT2D eigenvalue weighted by molar-refractivity contribution is 6.32. The fourth-order valence-electron chi connectivity index (χ4n) is 2.20. The molecule has 1 aromatic rings. The second kappa shape index (κ2) is 5.80. The molecule has 1 amide bonds. The summed E-state index contributed by atoms with van der Waals surface area (Å²) in [4.78, 5) is 13.9. The Bertz CT molecular complexity index is 467. The molecule has 0 spiro atoms. The Labute approximate surface area is 118 Å². The highest BCUT2D eigenvalue weighted by atomic mass is 35.5. The second-order valence-corrected chi connectivity index (χ2v) is 5.71. The van der Waals surface area contributed by atoms with E-state index >= 15 is 0 Å². The minimum Gasteiger partial charge on any atom is -0.482 e. The number of rotatable bonds is 4. The van der Waals surface area contributed by atoms with Crippen LogP contribution in [-0.2, 0) is 4.79 Å². The van der Waals surface area contributed by atoms with Crippen LogP contribution in [0.2, 0.25) is 5.02 Å². The third-order valence-electron chi connectivity index (χ3n) is 3.59. The standard InChI is InChI=1S/C14H19ClN2O2/c1-14(9-16)6-7-17(10-14)13(18)8-19-12-5-3-2-4-11(12)15/h2-5H,6-10,16H2,1H3. The quantitative estimate of drug-likeness (QED) is 0.918. The van der Waals surface area contributed by atoms with E-state index in [-0.39, 0.29) is 17.9 Å². The zero-order chi connectivity index (χ0) is 13.9.